The molecule has 1 N–H and O–H groups in total. The zero-order valence-corrected chi connectivity index (χ0v) is 23.5. The second-order valence-electron chi connectivity index (χ2n) is 11.8. The molecule has 1 aliphatic heterocycles. The number of fused-ring (bicyclic) bond motifs is 2. The third-order valence-corrected chi connectivity index (χ3v) is 9.16. The van der Waals surface area contributed by atoms with Crippen molar-refractivity contribution in [3.63, 3.8) is 0 Å². The Morgan fingerprint density at radius 1 is 0.897 bits per heavy atom. The molecule has 0 unspecified atom stereocenters. The van der Waals surface area contributed by atoms with Gasteiger partial charge in [-0.1, -0.05) is 73.9 Å². The third kappa shape index (κ3) is 7.19. The van der Waals surface area contributed by atoms with Gasteiger partial charge in [0, 0.05) is 37.0 Å². The summed E-state index contributed by atoms with van der Waals surface area (Å²) in [6.07, 6.45) is 15.8. The van der Waals surface area contributed by atoms with Gasteiger partial charge in [0.25, 0.3) is 0 Å². The van der Waals surface area contributed by atoms with Crippen molar-refractivity contribution in [1.29, 1.82) is 0 Å². The average Bonchev–Trinajstić information content (AvgIpc) is 3.34. The lowest BCUT2D eigenvalue weighted by molar-refractivity contribution is -0.121. The van der Waals surface area contributed by atoms with Crippen LogP contribution in [0.3, 0.4) is 0 Å². The molecule has 208 valence electrons. The number of nitrogens with one attached hydrogen (secondary N) is 1. The molecule has 0 atom stereocenters. The van der Waals surface area contributed by atoms with Crippen molar-refractivity contribution in [2.24, 2.45) is 5.92 Å². The van der Waals surface area contributed by atoms with Crippen molar-refractivity contribution < 1.29 is 9.59 Å². The Hall–Kier alpha value is -2.92. The average molecular weight is 528 g/mol. The maximum Gasteiger partial charge on any atom is 0.226 e. The second-order valence-corrected chi connectivity index (χ2v) is 11.8. The quantitative estimate of drug-likeness (QED) is 0.371. The molecule has 5 rings (SSSR count). The lowest BCUT2D eigenvalue weighted by Crippen LogP contribution is -2.42. The van der Waals surface area contributed by atoms with Gasteiger partial charge in [-0.25, -0.2) is 0 Å². The van der Waals surface area contributed by atoms with Crippen molar-refractivity contribution in [3.8, 4) is 0 Å². The summed E-state index contributed by atoms with van der Waals surface area (Å²) in [6, 6.07) is 18.8. The first-order valence-electron chi connectivity index (χ1n) is 15.3. The van der Waals surface area contributed by atoms with Crippen molar-refractivity contribution in [2.75, 3.05) is 37.6 Å². The van der Waals surface area contributed by atoms with Gasteiger partial charge in [0.2, 0.25) is 11.8 Å². The number of nitrogens with zero attached hydrogens (tertiary/aromatic N) is 2. The number of rotatable bonds is 11. The Morgan fingerprint density at radius 2 is 1.64 bits per heavy atom. The van der Waals surface area contributed by atoms with Gasteiger partial charge in [0.1, 0.15) is 0 Å². The van der Waals surface area contributed by atoms with E-state index in [0.29, 0.717) is 31.7 Å². The SMILES string of the molecule is O=C(CCCC(=O)N(CCCN1CCC2(C=Cc3ccccc32)CC1)c1ccccc1)NCC1CCCCC1. The molecule has 3 aliphatic rings. The molecule has 1 heterocycles. The van der Waals surface area contributed by atoms with Crippen LogP contribution in [-0.2, 0) is 15.0 Å². The molecule has 39 heavy (non-hydrogen) atoms. The number of piperidine rings is 1. The minimum atomic E-state index is 0.0854. The predicted octanol–water partition coefficient (Wildman–Crippen LogP) is 6.34. The molecule has 2 aromatic rings. The Kier molecular flexibility index (Phi) is 9.52. The Labute approximate surface area is 234 Å². The van der Waals surface area contributed by atoms with Crippen LogP contribution in [0.5, 0.6) is 0 Å². The highest BCUT2D eigenvalue weighted by Crippen LogP contribution is 2.43. The van der Waals surface area contributed by atoms with E-state index in [-0.39, 0.29) is 17.2 Å². The fourth-order valence-corrected chi connectivity index (χ4v) is 6.78. The van der Waals surface area contributed by atoms with Crippen LogP contribution in [0.15, 0.2) is 60.7 Å². The van der Waals surface area contributed by atoms with Crippen LogP contribution >= 0.6 is 0 Å². The molecule has 2 aromatic carbocycles. The number of benzene rings is 2. The van der Waals surface area contributed by atoms with Crippen LogP contribution < -0.4 is 10.2 Å². The van der Waals surface area contributed by atoms with Crippen molar-refractivity contribution in [1.82, 2.24) is 10.2 Å². The highest BCUT2D eigenvalue weighted by molar-refractivity contribution is 5.93. The normalized spacial score (nSPS) is 18.7. The number of carbonyl (C=O) groups excluding carboxylic acids is 2. The standard InChI is InChI=1S/C34H45N3O2/c38-32(35-27-28-11-3-1-4-12-28)17-9-18-33(39)37(30-14-5-2-6-15-30)24-10-23-36-25-21-34(22-26-36)20-19-29-13-7-8-16-31(29)34/h2,5-8,13-16,19-20,28H,1,3-4,9-12,17-18,21-27H2,(H,35,38). The number of hydrogen-bond acceptors (Lipinski definition) is 3. The highest BCUT2D eigenvalue weighted by Gasteiger charge is 2.37. The van der Waals surface area contributed by atoms with Crippen LogP contribution in [0, 0.1) is 5.92 Å². The molecule has 0 radical (unpaired) electrons. The number of anilines is 1. The van der Waals surface area contributed by atoms with E-state index in [2.05, 4.69) is 46.6 Å². The summed E-state index contributed by atoms with van der Waals surface area (Å²) in [7, 11) is 0. The smallest absolute Gasteiger partial charge is 0.226 e. The number of hydrogen-bond donors (Lipinski definition) is 1. The molecule has 5 heteroatoms. The van der Waals surface area contributed by atoms with Gasteiger partial charge in [-0.15, -0.1) is 0 Å². The summed E-state index contributed by atoms with van der Waals surface area (Å²) in [5, 5.41) is 3.11. The van der Waals surface area contributed by atoms with E-state index in [1.54, 1.807) is 0 Å². The molecule has 5 nitrogen and oxygen atoms in total. The molecule has 2 amide bonds. The summed E-state index contributed by atoms with van der Waals surface area (Å²) < 4.78 is 0. The van der Waals surface area contributed by atoms with Crippen molar-refractivity contribution in [3.05, 3.63) is 71.8 Å². The number of likely N-dealkylation sites (tertiary alicyclic amines) is 1. The van der Waals surface area contributed by atoms with Gasteiger partial charge in [0.15, 0.2) is 0 Å². The summed E-state index contributed by atoms with van der Waals surface area (Å²) in [5.41, 5.74) is 4.04. The number of carbonyl (C=O) groups is 2. The first-order valence-corrected chi connectivity index (χ1v) is 15.3. The highest BCUT2D eigenvalue weighted by atomic mass is 16.2. The maximum atomic E-state index is 13.3. The minimum absolute atomic E-state index is 0.0854. The van der Waals surface area contributed by atoms with E-state index in [0.717, 1.165) is 51.1 Å². The van der Waals surface area contributed by atoms with Crippen molar-refractivity contribution in [2.45, 2.75) is 76.0 Å². The van der Waals surface area contributed by atoms with Crippen LogP contribution in [0.2, 0.25) is 0 Å². The molecule has 0 aromatic heterocycles. The molecule has 1 saturated carbocycles. The Bertz CT molecular complexity index is 1110. The van der Waals surface area contributed by atoms with Gasteiger partial charge in [0.05, 0.1) is 0 Å². The van der Waals surface area contributed by atoms with Crippen molar-refractivity contribution >= 4 is 23.6 Å². The fourth-order valence-electron chi connectivity index (χ4n) is 6.78. The zero-order chi connectivity index (χ0) is 26.9. The van der Waals surface area contributed by atoms with Gasteiger partial charge in [-0.05, 0) is 87.3 Å². The lowest BCUT2D eigenvalue weighted by atomic mass is 9.74. The van der Waals surface area contributed by atoms with E-state index in [9.17, 15) is 9.59 Å². The van der Waals surface area contributed by atoms with E-state index in [4.69, 9.17) is 0 Å². The second kappa shape index (κ2) is 13.4. The molecule has 0 bridgehead atoms. The van der Waals surface area contributed by atoms with Crippen LogP contribution in [0.25, 0.3) is 6.08 Å². The number of para-hydroxylation sites is 1. The minimum Gasteiger partial charge on any atom is -0.356 e. The summed E-state index contributed by atoms with van der Waals surface area (Å²) >= 11 is 0. The largest absolute Gasteiger partial charge is 0.356 e. The Balaban J connectivity index is 1.06. The van der Waals surface area contributed by atoms with Gasteiger partial charge in [-0.3, -0.25) is 9.59 Å². The molecule has 2 aliphatic carbocycles. The van der Waals surface area contributed by atoms with Crippen LogP contribution in [0.4, 0.5) is 5.69 Å². The fraction of sp³-hybridized carbons (Fsp3) is 0.529. The van der Waals surface area contributed by atoms with Gasteiger partial charge >= 0.3 is 0 Å². The summed E-state index contributed by atoms with van der Waals surface area (Å²) in [6.45, 7) is 4.69. The number of amides is 2. The predicted molar refractivity (Wildman–Crippen MR) is 160 cm³/mol. The van der Waals surface area contributed by atoms with Crippen LogP contribution in [0.1, 0.15) is 81.8 Å². The van der Waals surface area contributed by atoms with Gasteiger partial charge < -0.3 is 15.1 Å². The van der Waals surface area contributed by atoms with E-state index < -0.39 is 0 Å². The Morgan fingerprint density at radius 3 is 2.44 bits per heavy atom. The topological polar surface area (TPSA) is 52.7 Å². The lowest BCUT2D eigenvalue weighted by Gasteiger charge is -2.39. The molecule has 2 fully saturated rings. The zero-order valence-electron chi connectivity index (χ0n) is 23.5. The summed E-state index contributed by atoms with van der Waals surface area (Å²) in [4.78, 5) is 30.1. The van der Waals surface area contributed by atoms with E-state index >= 15 is 0 Å². The number of allylic oxidation sites excluding steroid dienone is 1. The van der Waals surface area contributed by atoms with E-state index in [1.165, 1.54) is 43.2 Å². The van der Waals surface area contributed by atoms with E-state index in [1.807, 2.05) is 35.2 Å². The first kappa shape index (κ1) is 27.6. The monoisotopic (exact) mass is 527 g/mol. The third-order valence-electron chi connectivity index (χ3n) is 9.16. The van der Waals surface area contributed by atoms with Crippen LogP contribution in [-0.4, -0.2) is 49.4 Å². The maximum absolute atomic E-state index is 13.3. The summed E-state index contributed by atoms with van der Waals surface area (Å²) in [5.74, 6) is 0.836. The molecule has 1 saturated heterocycles. The van der Waals surface area contributed by atoms with Gasteiger partial charge in [-0.2, -0.15) is 0 Å². The molecule has 1 spiro atoms. The first-order chi connectivity index (χ1) is 19.1. The molecular weight excluding hydrogens is 482 g/mol. The molecular formula is C34H45N3O2.